The lowest BCUT2D eigenvalue weighted by atomic mass is 10.4. The molecule has 0 radical (unpaired) electrons. The highest BCUT2D eigenvalue weighted by molar-refractivity contribution is 14.1. The normalized spacial score (nSPS) is 27.8. The molecule has 5 heteroatoms. The molecule has 0 aliphatic carbocycles. The first kappa shape index (κ1) is 9.97. The van der Waals surface area contributed by atoms with Gasteiger partial charge in [-0.3, -0.25) is 9.69 Å². The number of hydrogen-bond donors (Lipinski definition) is 0. The maximum absolute atomic E-state index is 11.0. The molecule has 11 heavy (non-hydrogen) atoms. The Bertz CT molecular complexity index is 154. The third-order valence-corrected chi connectivity index (χ3v) is 3.30. The van der Waals surface area contributed by atoms with E-state index in [0.717, 1.165) is 17.5 Å². The van der Waals surface area contributed by atoms with Gasteiger partial charge in [-0.15, -0.1) is 0 Å². The van der Waals surface area contributed by atoms with Gasteiger partial charge in [-0.05, 0) is 22.6 Å². The molecule has 1 aliphatic rings. The van der Waals surface area contributed by atoms with E-state index in [1.165, 1.54) is 0 Å². The van der Waals surface area contributed by atoms with E-state index in [4.69, 9.17) is 4.74 Å². The molecular formula is C6H9I2NO2. The molecule has 0 bridgehead atoms. The second-order valence-electron chi connectivity index (χ2n) is 2.36. The van der Waals surface area contributed by atoms with Crippen molar-refractivity contribution < 1.29 is 9.53 Å². The van der Waals surface area contributed by atoms with E-state index in [-0.39, 0.29) is 10.1 Å². The third kappa shape index (κ3) is 3.41. The lowest BCUT2D eigenvalue weighted by Crippen LogP contribution is -2.27. The van der Waals surface area contributed by atoms with E-state index in [1.54, 1.807) is 0 Å². The monoisotopic (exact) mass is 381 g/mol. The summed E-state index contributed by atoms with van der Waals surface area (Å²) < 4.78 is 6.01. The van der Waals surface area contributed by atoms with E-state index >= 15 is 0 Å². The highest BCUT2D eigenvalue weighted by Gasteiger charge is 2.19. The summed E-state index contributed by atoms with van der Waals surface area (Å²) in [5, 5.41) is 0. The van der Waals surface area contributed by atoms with Crippen molar-refractivity contribution in [3.8, 4) is 0 Å². The van der Waals surface area contributed by atoms with Gasteiger partial charge in [0.2, 0.25) is 0 Å². The highest BCUT2D eigenvalue weighted by Crippen LogP contribution is 2.13. The van der Waals surface area contributed by atoms with Gasteiger partial charge in [-0.2, -0.15) is 0 Å². The molecule has 0 amide bonds. The van der Waals surface area contributed by atoms with Crippen molar-refractivity contribution in [1.82, 2.24) is 4.90 Å². The van der Waals surface area contributed by atoms with E-state index in [1.807, 2.05) is 0 Å². The van der Waals surface area contributed by atoms with E-state index in [2.05, 4.69) is 50.1 Å². The Hall–Kier alpha value is 0.890. The minimum atomic E-state index is -0.0985. The van der Waals surface area contributed by atoms with Gasteiger partial charge < -0.3 is 4.74 Å². The van der Waals surface area contributed by atoms with Crippen molar-refractivity contribution in [3.05, 3.63) is 0 Å². The minimum absolute atomic E-state index is 0.0630. The van der Waals surface area contributed by atoms with Crippen molar-refractivity contribution in [2.24, 2.45) is 0 Å². The number of carbonyl (C=O) groups excluding carboxylic acids is 1. The van der Waals surface area contributed by atoms with Gasteiger partial charge in [0.1, 0.15) is 0 Å². The zero-order valence-electron chi connectivity index (χ0n) is 5.93. The third-order valence-electron chi connectivity index (χ3n) is 1.45. The van der Waals surface area contributed by atoms with Crippen molar-refractivity contribution in [2.45, 2.75) is 10.5 Å². The van der Waals surface area contributed by atoms with Gasteiger partial charge in [0.15, 0.2) is 4.11 Å². The van der Waals surface area contributed by atoms with Crippen LogP contribution in [-0.2, 0) is 9.53 Å². The van der Waals surface area contributed by atoms with Crippen LogP contribution in [0.15, 0.2) is 0 Å². The number of nitrogens with zero attached hydrogens (tertiary/aromatic N) is 1. The molecule has 0 N–H and O–H groups in total. The van der Waals surface area contributed by atoms with Crippen LogP contribution in [0.3, 0.4) is 0 Å². The number of hydrogen-bond acceptors (Lipinski definition) is 3. The predicted octanol–water partition coefficient (Wildman–Crippen LogP) is 1.39. The number of esters is 1. The molecule has 0 aromatic heterocycles. The summed E-state index contributed by atoms with van der Waals surface area (Å²) in [5.74, 6) is -0.0985. The standard InChI is InChI=1S/C6H9I2NO2/c7-4-9-2-1-5(8)11-6(10)3-9/h5H,1-4H2. The molecule has 3 nitrogen and oxygen atoms in total. The fourth-order valence-electron chi connectivity index (χ4n) is 0.887. The molecule has 0 spiro atoms. The van der Waals surface area contributed by atoms with E-state index in [0.29, 0.717) is 6.54 Å². The van der Waals surface area contributed by atoms with Gasteiger partial charge >= 0.3 is 5.97 Å². The minimum Gasteiger partial charge on any atom is -0.451 e. The molecule has 1 atom stereocenters. The van der Waals surface area contributed by atoms with Crippen LogP contribution < -0.4 is 0 Å². The molecule has 1 fully saturated rings. The molecule has 1 heterocycles. The van der Waals surface area contributed by atoms with Crippen LogP contribution in [0.2, 0.25) is 0 Å². The highest BCUT2D eigenvalue weighted by atomic mass is 127. The van der Waals surface area contributed by atoms with E-state index in [9.17, 15) is 4.79 Å². The number of alkyl halides is 2. The molecule has 64 valence electrons. The van der Waals surface area contributed by atoms with Gasteiger partial charge in [0.25, 0.3) is 0 Å². The molecule has 0 aromatic carbocycles. The van der Waals surface area contributed by atoms with Crippen molar-refractivity contribution in [1.29, 1.82) is 0 Å². The molecular weight excluding hydrogens is 372 g/mol. The zero-order chi connectivity index (χ0) is 8.27. The predicted molar refractivity (Wildman–Crippen MR) is 59.0 cm³/mol. The first-order chi connectivity index (χ1) is 5.22. The van der Waals surface area contributed by atoms with Crippen molar-refractivity contribution >= 4 is 51.2 Å². The maximum atomic E-state index is 11.0. The SMILES string of the molecule is O=C1CN(CI)CCC(I)O1. The van der Waals surface area contributed by atoms with Crippen LogP contribution >= 0.6 is 45.2 Å². The molecule has 1 aliphatic heterocycles. The van der Waals surface area contributed by atoms with Gasteiger partial charge in [0.05, 0.1) is 11.1 Å². The van der Waals surface area contributed by atoms with Gasteiger partial charge in [0, 0.05) is 13.0 Å². The fraction of sp³-hybridized carbons (Fsp3) is 0.833. The first-order valence-electron chi connectivity index (χ1n) is 3.34. The Kier molecular flexibility index (Phi) is 4.36. The van der Waals surface area contributed by atoms with Crippen molar-refractivity contribution in [3.63, 3.8) is 0 Å². The first-order valence-corrected chi connectivity index (χ1v) is 6.11. The maximum Gasteiger partial charge on any atom is 0.321 e. The summed E-state index contributed by atoms with van der Waals surface area (Å²) in [4.78, 5) is 13.1. The largest absolute Gasteiger partial charge is 0.451 e. The summed E-state index contributed by atoms with van der Waals surface area (Å²) in [6.45, 7) is 1.41. The fourth-order valence-corrected chi connectivity index (χ4v) is 2.03. The average Bonchev–Trinajstić information content (AvgIpc) is 2.11. The Morgan fingerprint density at radius 1 is 1.73 bits per heavy atom. The smallest absolute Gasteiger partial charge is 0.321 e. The number of rotatable bonds is 1. The Morgan fingerprint density at radius 2 is 2.45 bits per heavy atom. The van der Waals surface area contributed by atoms with Crippen molar-refractivity contribution in [2.75, 3.05) is 17.6 Å². The zero-order valence-corrected chi connectivity index (χ0v) is 10.2. The Labute approximate surface area is 93.1 Å². The average molecular weight is 381 g/mol. The lowest BCUT2D eigenvalue weighted by molar-refractivity contribution is -0.143. The molecule has 1 saturated heterocycles. The lowest BCUT2D eigenvalue weighted by Gasteiger charge is -2.12. The van der Waals surface area contributed by atoms with Gasteiger partial charge in [-0.1, -0.05) is 22.6 Å². The van der Waals surface area contributed by atoms with Gasteiger partial charge in [-0.25, -0.2) is 0 Å². The van der Waals surface area contributed by atoms with Crippen LogP contribution in [0.5, 0.6) is 0 Å². The second-order valence-corrected chi connectivity index (χ2v) is 4.43. The van der Waals surface area contributed by atoms with Crippen LogP contribution in [0.4, 0.5) is 0 Å². The van der Waals surface area contributed by atoms with E-state index < -0.39 is 0 Å². The molecule has 0 saturated carbocycles. The van der Waals surface area contributed by atoms with Crippen LogP contribution in [0.1, 0.15) is 6.42 Å². The number of halogens is 2. The second kappa shape index (κ2) is 4.80. The Balaban J connectivity index is 2.46. The molecule has 0 aromatic rings. The quantitative estimate of drug-likeness (QED) is 0.298. The van der Waals surface area contributed by atoms with Crippen LogP contribution in [-0.4, -0.2) is 32.6 Å². The summed E-state index contributed by atoms with van der Waals surface area (Å²) in [6, 6.07) is 0. The Morgan fingerprint density at radius 3 is 3.09 bits per heavy atom. The number of cyclic esters (lactones) is 1. The molecule has 1 unspecified atom stereocenters. The topological polar surface area (TPSA) is 29.5 Å². The molecule has 1 rings (SSSR count). The summed E-state index contributed by atoms with van der Waals surface area (Å²) in [6.07, 6.45) is 0.940. The summed E-state index contributed by atoms with van der Waals surface area (Å²) >= 11 is 4.41. The summed E-state index contributed by atoms with van der Waals surface area (Å²) in [7, 11) is 0. The van der Waals surface area contributed by atoms with Crippen LogP contribution in [0, 0.1) is 0 Å². The number of ether oxygens (including phenoxy) is 1. The summed E-state index contributed by atoms with van der Waals surface area (Å²) in [5.41, 5.74) is 0. The van der Waals surface area contributed by atoms with Crippen LogP contribution in [0.25, 0.3) is 0 Å². The number of carbonyl (C=O) groups is 1.